The molecule has 0 radical (unpaired) electrons. The van der Waals surface area contributed by atoms with Crippen LogP contribution in [0.25, 0.3) is 11.2 Å². The lowest BCUT2D eigenvalue weighted by Gasteiger charge is -2.16. The molecule has 4 rings (SSSR count). The molecule has 0 saturated heterocycles. The van der Waals surface area contributed by atoms with Crippen molar-refractivity contribution in [3.63, 3.8) is 0 Å². The number of pyridine rings is 1. The molecule has 2 aromatic heterocycles. The monoisotopic (exact) mass is 328 g/mol. The highest BCUT2D eigenvalue weighted by Gasteiger charge is 2.18. The Morgan fingerprint density at radius 2 is 2.20 bits per heavy atom. The lowest BCUT2D eigenvalue weighted by Crippen LogP contribution is -2.02. The van der Waals surface area contributed by atoms with Crippen LogP contribution < -0.4 is 0 Å². The molecular weight excluding hydrogens is 308 g/mol. The van der Waals surface area contributed by atoms with E-state index in [-0.39, 0.29) is 0 Å². The quantitative estimate of drug-likeness (QED) is 0.737. The summed E-state index contributed by atoms with van der Waals surface area (Å²) in [7, 11) is 0. The first kappa shape index (κ1) is 15.6. The molecule has 124 valence electrons. The van der Waals surface area contributed by atoms with Crippen LogP contribution in [0.5, 0.6) is 0 Å². The van der Waals surface area contributed by atoms with Crippen LogP contribution in [0.4, 0.5) is 0 Å². The molecule has 0 amide bonds. The summed E-state index contributed by atoms with van der Waals surface area (Å²) in [4.78, 5) is 16.5. The summed E-state index contributed by atoms with van der Waals surface area (Å²) < 4.78 is 1.93. The number of hydrogen-bond donors (Lipinski definition) is 0. The Labute approximate surface area is 147 Å². The number of carbonyl (C=O) groups excluding carboxylic acids is 1. The Kier molecular flexibility index (Phi) is 4.06. The van der Waals surface area contributed by atoms with Crippen molar-refractivity contribution >= 4 is 17.5 Å². The average Bonchev–Trinajstić information content (AvgIpc) is 3.06. The number of aldehydes is 1. The van der Waals surface area contributed by atoms with Crippen LogP contribution in [0.1, 0.15) is 46.9 Å². The Bertz CT molecular complexity index is 969. The predicted molar refractivity (Wildman–Crippen MR) is 102 cm³/mol. The van der Waals surface area contributed by atoms with Crippen LogP contribution in [0.15, 0.2) is 73.0 Å². The minimum atomic E-state index is 0.296. The van der Waals surface area contributed by atoms with E-state index in [2.05, 4.69) is 49.2 Å². The van der Waals surface area contributed by atoms with E-state index in [1.54, 1.807) is 0 Å². The number of fused-ring (bicyclic) bond motifs is 1. The van der Waals surface area contributed by atoms with Gasteiger partial charge in [0.15, 0.2) is 6.29 Å². The third kappa shape index (κ3) is 2.82. The Morgan fingerprint density at radius 3 is 2.96 bits per heavy atom. The van der Waals surface area contributed by atoms with E-state index < -0.39 is 0 Å². The van der Waals surface area contributed by atoms with E-state index in [1.807, 2.05) is 22.6 Å². The fourth-order valence-corrected chi connectivity index (χ4v) is 3.52. The van der Waals surface area contributed by atoms with Gasteiger partial charge in [0.25, 0.3) is 0 Å². The molecule has 3 heteroatoms. The van der Waals surface area contributed by atoms with Crippen LogP contribution >= 0.6 is 0 Å². The number of allylic oxidation sites excluding steroid dienone is 9. The van der Waals surface area contributed by atoms with Crippen molar-refractivity contribution in [2.75, 3.05) is 0 Å². The van der Waals surface area contributed by atoms with Gasteiger partial charge in [0.2, 0.25) is 0 Å². The maximum Gasteiger partial charge on any atom is 0.169 e. The van der Waals surface area contributed by atoms with Gasteiger partial charge in [-0.05, 0) is 42.0 Å². The molecular formula is C22H20N2O. The largest absolute Gasteiger partial charge is 0.296 e. The smallest absolute Gasteiger partial charge is 0.169 e. The normalized spacial score (nSPS) is 19.6. The second kappa shape index (κ2) is 6.52. The molecule has 0 fully saturated rings. The zero-order valence-corrected chi connectivity index (χ0v) is 14.1. The van der Waals surface area contributed by atoms with Gasteiger partial charge >= 0.3 is 0 Å². The average molecular weight is 328 g/mol. The highest BCUT2D eigenvalue weighted by molar-refractivity contribution is 5.85. The van der Waals surface area contributed by atoms with Gasteiger partial charge in [-0.15, -0.1) is 0 Å². The van der Waals surface area contributed by atoms with Gasteiger partial charge in [-0.1, -0.05) is 55.2 Å². The number of imidazole rings is 1. The van der Waals surface area contributed by atoms with E-state index in [4.69, 9.17) is 4.98 Å². The number of hydrogen-bond acceptors (Lipinski definition) is 2. The third-order valence-electron chi connectivity index (χ3n) is 4.87. The summed E-state index contributed by atoms with van der Waals surface area (Å²) in [6, 6.07) is 4.11. The van der Waals surface area contributed by atoms with Gasteiger partial charge < -0.3 is 0 Å². The summed E-state index contributed by atoms with van der Waals surface area (Å²) in [5.41, 5.74) is 5.71. The summed E-state index contributed by atoms with van der Waals surface area (Å²) in [6.07, 6.45) is 20.4. The van der Waals surface area contributed by atoms with E-state index in [0.717, 1.165) is 48.0 Å². The van der Waals surface area contributed by atoms with Crippen LogP contribution in [-0.2, 0) is 0 Å². The van der Waals surface area contributed by atoms with Crippen molar-refractivity contribution in [1.82, 2.24) is 9.38 Å². The van der Waals surface area contributed by atoms with Crippen molar-refractivity contribution in [2.45, 2.75) is 25.2 Å². The molecule has 0 bridgehead atoms. The molecule has 1 atom stereocenters. The Hall–Kier alpha value is -2.94. The van der Waals surface area contributed by atoms with E-state index >= 15 is 0 Å². The third-order valence-corrected chi connectivity index (χ3v) is 4.87. The first-order valence-corrected chi connectivity index (χ1v) is 8.64. The van der Waals surface area contributed by atoms with Crippen molar-refractivity contribution < 1.29 is 4.79 Å². The van der Waals surface area contributed by atoms with Gasteiger partial charge in [0, 0.05) is 12.1 Å². The maximum atomic E-state index is 11.8. The van der Waals surface area contributed by atoms with Gasteiger partial charge in [-0.2, -0.15) is 0 Å². The van der Waals surface area contributed by atoms with Gasteiger partial charge in [0.05, 0.1) is 5.69 Å². The molecule has 3 nitrogen and oxygen atoms in total. The summed E-state index contributed by atoms with van der Waals surface area (Å²) in [6.45, 7) is 3.85. The van der Waals surface area contributed by atoms with Crippen LogP contribution in [-0.4, -0.2) is 15.7 Å². The summed E-state index contributed by atoms with van der Waals surface area (Å²) in [5.74, 6) is 0.296. The first-order chi connectivity index (χ1) is 12.3. The van der Waals surface area contributed by atoms with E-state index in [9.17, 15) is 4.79 Å². The summed E-state index contributed by atoms with van der Waals surface area (Å²) >= 11 is 0. The van der Waals surface area contributed by atoms with Crippen molar-refractivity contribution in [3.8, 4) is 0 Å². The maximum absolute atomic E-state index is 11.8. The molecule has 0 spiro atoms. The SMILES string of the molecule is C=CC1=CC(c2ccc3nc(C4=CC=CCC4)c(C=O)n3c2)CC=C1. The van der Waals surface area contributed by atoms with E-state index in [1.165, 1.54) is 5.56 Å². The minimum Gasteiger partial charge on any atom is -0.296 e. The second-order valence-corrected chi connectivity index (χ2v) is 6.43. The lowest BCUT2D eigenvalue weighted by atomic mass is 9.90. The number of carbonyl (C=O) groups is 1. The number of rotatable bonds is 4. The summed E-state index contributed by atoms with van der Waals surface area (Å²) in [5, 5.41) is 0. The molecule has 0 saturated carbocycles. The molecule has 2 aliphatic rings. The topological polar surface area (TPSA) is 34.4 Å². The van der Waals surface area contributed by atoms with Crippen LogP contribution in [0.2, 0.25) is 0 Å². The molecule has 1 unspecified atom stereocenters. The van der Waals surface area contributed by atoms with Crippen molar-refractivity contribution in [2.24, 2.45) is 0 Å². The fraction of sp³-hybridized carbons (Fsp3) is 0.182. The number of nitrogens with zero attached hydrogens (tertiary/aromatic N) is 2. The molecule has 25 heavy (non-hydrogen) atoms. The lowest BCUT2D eigenvalue weighted by molar-refractivity contribution is 0.111. The zero-order valence-electron chi connectivity index (χ0n) is 14.1. The predicted octanol–water partition coefficient (Wildman–Crippen LogP) is 5.04. The van der Waals surface area contributed by atoms with Crippen LogP contribution in [0.3, 0.4) is 0 Å². The standard InChI is InChI=1S/C22H20N2O/c1-2-16-7-6-10-18(13-16)19-11-12-21-23-22(17-8-4-3-5-9-17)20(15-25)24(21)14-19/h2-4,6-8,11-15,18H,1,5,9-10H2. The van der Waals surface area contributed by atoms with E-state index in [0.29, 0.717) is 11.6 Å². The van der Waals surface area contributed by atoms with Crippen molar-refractivity contribution in [3.05, 3.63) is 90.0 Å². The van der Waals surface area contributed by atoms with Gasteiger partial charge in [-0.25, -0.2) is 4.98 Å². The fourth-order valence-electron chi connectivity index (χ4n) is 3.52. The molecule has 0 N–H and O–H groups in total. The number of aromatic nitrogens is 2. The Balaban J connectivity index is 1.80. The van der Waals surface area contributed by atoms with Gasteiger partial charge in [-0.3, -0.25) is 9.20 Å². The van der Waals surface area contributed by atoms with Crippen molar-refractivity contribution in [1.29, 1.82) is 0 Å². The molecule has 2 aliphatic carbocycles. The molecule has 0 aliphatic heterocycles. The van der Waals surface area contributed by atoms with Crippen LogP contribution in [0, 0.1) is 0 Å². The minimum absolute atomic E-state index is 0.296. The highest BCUT2D eigenvalue weighted by atomic mass is 16.1. The molecule has 2 aromatic rings. The van der Waals surface area contributed by atoms with Gasteiger partial charge in [0.1, 0.15) is 11.3 Å². The molecule has 0 aromatic carbocycles. The highest BCUT2D eigenvalue weighted by Crippen LogP contribution is 2.30. The first-order valence-electron chi connectivity index (χ1n) is 8.64. The Morgan fingerprint density at radius 1 is 1.28 bits per heavy atom. The zero-order chi connectivity index (χ0) is 17.2. The second-order valence-electron chi connectivity index (χ2n) is 6.43. The molecule has 2 heterocycles.